The van der Waals surface area contributed by atoms with E-state index in [1.807, 2.05) is 11.8 Å². The maximum atomic E-state index is 4.63. The van der Waals surface area contributed by atoms with Crippen molar-refractivity contribution in [3.05, 3.63) is 71.3 Å². The molecule has 0 fully saturated rings. The van der Waals surface area contributed by atoms with Gasteiger partial charge in [0, 0.05) is 6.54 Å². The van der Waals surface area contributed by atoms with Gasteiger partial charge in [0.05, 0.1) is 11.8 Å². The molecule has 0 amide bonds. The first-order valence-electron chi connectivity index (χ1n) is 7.43. The molecule has 1 heterocycles. The van der Waals surface area contributed by atoms with Crippen LogP contribution in [0.3, 0.4) is 0 Å². The van der Waals surface area contributed by atoms with Crippen LogP contribution in [0.1, 0.15) is 28.9 Å². The van der Waals surface area contributed by atoms with Crippen molar-refractivity contribution in [2.45, 2.75) is 25.1 Å². The second kappa shape index (κ2) is 6.81. The summed E-state index contributed by atoms with van der Waals surface area (Å²) in [6, 6.07) is 19.2. The highest BCUT2D eigenvalue weighted by Crippen LogP contribution is 2.34. The van der Waals surface area contributed by atoms with Crippen LogP contribution in [0.25, 0.3) is 0 Å². The lowest BCUT2D eigenvalue weighted by Gasteiger charge is -2.11. The Morgan fingerprint density at radius 1 is 1.05 bits per heavy atom. The molecule has 0 saturated carbocycles. The molecule has 0 saturated heterocycles. The molecule has 0 bridgehead atoms. The minimum atomic E-state index is 0.454. The third kappa shape index (κ3) is 3.48. The first kappa shape index (κ1) is 14.2. The lowest BCUT2D eigenvalue weighted by molar-refractivity contribution is 0.893. The molecular formula is C18H20N2S. The van der Waals surface area contributed by atoms with Crippen LogP contribution in [-0.2, 0) is 13.0 Å². The number of aliphatic imine (C=N–C) groups is 1. The monoisotopic (exact) mass is 296 g/mol. The summed E-state index contributed by atoms with van der Waals surface area (Å²) in [6.07, 6.45) is 1.07. The van der Waals surface area contributed by atoms with Gasteiger partial charge in [-0.1, -0.05) is 73.3 Å². The predicted molar refractivity (Wildman–Crippen MR) is 91.7 cm³/mol. The van der Waals surface area contributed by atoms with Gasteiger partial charge in [-0.25, -0.2) is 0 Å². The molecule has 1 aliphatic heterocycles. The Kier molecular flexibility index (Phi) is 4.61. The Hall–Kier alpha value is -1.74. The van der Waals surface area contributed by atoms with Crippen LogP contribution in [-0.4, -0.2) is 11.7 Å². The van der Waals surface area contributed by atoms with Crippen molar-refractivity contribution in [2.24, 2.45) is 4.99 Å². The minimum Gasteiger partial charge on any atom is -0.361 e. The van der Waals surface area contributed by atoms with Crippen molar-refractivity contribution in [1.29, 1.82) is 0 Å². The summed E-state index contributed by atoms with van der Waals surface area (Å²) < 4.78 is 0. The Labute approximate surface area is 130 Å². The molecule has 2 nitrogen and oxygen atoms in total. The average Bonchev–Trinajstić information content (AvgIpc) is 3.03. The van der Waals surface area contributed by atoms with Gasteiger partial charge in [0.1, 0.15) is 0 Å². The van der Waals surface area contributed by atoms with Gasteiger partial charge in [-0.05, 0) is 23.1 Å². The average molecular weight is 296 g/mol. The van der Waals surface area contributed by atoms with Crippen LogP contribution in [0.4, 0.5) is 0 Å². The molecule has 108 valence electrons. The van der Waals surface area contributed by atoms with Gasteiger partial charge in [-0.3, -0.25) is 4.99 Å². The molecule has 3 rings (SSSR count). The molecule has 0 radical (unpaired) electrons. The number of aryl methyl sites for hydroxylation is 1. The van der Waals surface area contributed by atoms with Crippen LogP contribution < -0.4 is 5.32 Å². The number of rotatable bonds is 4. The number of hydrogen-bond donors (Lipinski definition) is 1. The molecule has 1 aliphatic rings. The number of amidine groups is 1. The van der Waals surface area contributed by atoms with Gasteiger partial charge in [0.2, 0.25) is 0 Å². The summed E-state index contributed by atoms with van der Waals surface area (Å²) in [7, 11) is 0. The molecule has 2 aromatic carbocycles. The SMILES string of the molecule is CCc1ccccc1CNC1=NCC(c2ccccc2)S1. The van der Waals surface area contributed by atoms with Gasteiger partial charge in [-0.2, -0.15) is 0 Å². The fourth-order valence-corrected chi connectivity index (χ4v) is 3.58. The molecule has 1 N–H and O–H groups in total. The van der Waals surface area contributed by atoms with E-state index < -0.39 is 0 Å². The minimum absolute atomic E-state index is 0.454. The van der Waals surface area contributed by atoms with E-state index in [2.05, 4.69) is 71.8 Å². The number of thioether (sulfide) groups is 1. The normalized spacial score (nSPS) is 17.6. The van der Waals surface area contributed by atoms with Gasteiger partial charge < -0.3 is 5.32 Å². The van der Waals surface area contributed by atoms with Gasteiger partial charge in [0.15, 0.2) is 5.17 Å². The highest BCUT2D eigenvalue weighted by Gasteiger charge is 2.20. The zero-order valence-corrected chi connectivity index (χ0v) is 13.1. The molecule has 3 heteroatoms. The van der Waals surface area contributed by atoms with E-state index in [1.54, 1.807) is 0 Å². The second-order valence-corrected chi connectivity index (χ2v) is 6.33. The van der Waals surface area contributed by atoms with E-state index in [0.29, 0.717) is 5.25 Å². The highest BCUT2D eigenvalue weighted by atomic mass is 32.2. The molecule has 2 aromatic rings. The summed E-state index contributed by atoms with van der Waals surface area (Å²) in [4.78, 5) is 4.63. The fraction of sp³-hybridized carbons (Fsp3) is 0.278. The Morgan fingerprint density at radius 3 is 2.52 bits per heavy atom. The quantitative estimate of drug-likeness (QED) is 0.915. The smallest absolute Gasteiger partial charge is 0.157 e. The van der Waals surface area contributed by atoms with E-state index >= 15 is 0 Å². The second-order valence-electron chi connectivity index (χ2n) is 5.14. The largest absolute Gasteiger partial charge is 0.361 e. The zero-order valence-electron chi connectivity index (χ0n) is 12.3. The van der Waals surface area contributed by atoms with Crippen molar-refractivity contribution in [2.75, 3.05) is 6.54 Å². The van der Waals surface area contributed by atoms with Crippen molar-refractivity contribution >= 4 is 16.9 Å². The number of benzene rings is 2. The molecule has 21 heavy (non-hydrogen) atoms. The first-order chi connectivity index (χ1) is 10.4. The zero-order chi connectivity index (χ0) is 14.5. The Morgan fingerprint density at radius 2 is 1.76 bits per heavy atom. The molecule has 1 atom stereocenters. The summed E-state index contributed by atoms with van der Waals surface area (Å²) in [5, 5.41) is 5.00. The topological polar surface area (TPSA) is 24.4 Å². The lowest BCUT2D eigenvalue weighted by atomic mass is 10.1. The fourth-order valence-electron chi connectivity index (χ4n) is 2.56. The Bertz CT molecular complexity index is 622. The summed E-state index contributed by atoms with van der Waals surface area (Å²) in [5.74, 6) is 0. The van der Waals surface area contributed by atoms with Crippen LogP contribution in [0.15, 0.2) is 59.6 Å². The lowest BCUT2D eigenvalue weighted by Crippen LogP contribution is -2.19. The van der Waals surface area contributed by atoms with E-state index in [0.717, 1.165) is 24.7 Å². The molecule has 0 aromatic heterocycles. The maximum Gasteiger partial charge on any atom is 0.157 e. The highest BCUT2D eigenvalue weighted by molar-refractivity contribution is 8.14. The van der Waals surface area contributed by atoms with E-state index in [9.17, 15) is 0 Å². The van der Waals surface area contributed by atoms with Crippen LogP contribution >= 0.6 is 11.8 Å². The number of hydrogen-bond acceptors (Lipinski definition) is 3. The van der Waals surface area contributed by atoms with Crippen LogP contribution in [0, 0.1) is 0 Å². The maximum absolute atomic E-state index is 4.63. The summed E-state index contributed by atoms with van der Waals surface area (Å²) >= 11 is 1.84. The summed E-state index contributed by atoms with van der Waals surface area (Å²) in [6.45, 7) is 3.93. The molecule has 0 aliphatic carbocycles. The molecule has 0 spiro atoms. The van der Waals surface area contributed by atoms with Crippen molar-refractivity contribution in [1.82, 2.24) is 5.32 Å². The number of nitrogens with one attached hydrogen (secondary N) is 1. The van der Waals surface area contributed by atoms with Gasteiger partial charge in [0.25, 0.3) is 0 Å². The van der Waals surface area contributed by atoms with E-state index in [1.165, 1.54) is 16.7 Å². The van der Waals surface area contributed by atoms with Crippen molar-refractivity contribution in [3.63, 3.8) is 0 Å². The van der Waals surface area contributed by atoms with E-state index in [-0.39, 0.29) is 0 Å². The molecular weight excluding hydrogens is 276 g/mol. The van der Waals surface area contributed by atoms with Gasteiger partial charge in [-0.15, -0.1) is 0 Å². The standard InChI is InChI=1S/C18H20N2S/c1-2-14-8-6-7-11-16(14)12-19-18-20-13-17(21-18)15-9-4-3-5-10-15/h3-11,17H,2,12-13H2,1H3,(H,19,20). The van der Waals surface area contributed by atoms with E-state index in [4.69, 9.17) is 0 Å². The summed E-state index contributed by atoms with van der Waals surface area (Å²) in [5.41, 5.74) is 4.14. The predicted octanol–water partition coefficient (Wildman–Crippen LogP) is 4.18. The third-order valence-corrected chi connectivity index (χ3v) is 4.96. The molecule has 1 unspecified atom stereocenters. The Balaban J connectivity index is 1.58. The third-order valence-electron chi connectivity index (χ3n) is 3.76. The number of nitrogens with zero attached hydrogens (tertiary/aromatic N) is 1. The van der Waals surface area contributed by atoms with Crippen molar-refractivity contribution < 1.29 is 0 Å². The van der Waals surface area contributed by atoms with Crippen LogP contribution in [0.2, 0.25) is 0 Å². The van der Waals surface area contributed by atoms with Crippen LogP contribution in [0.5, 0.6) is 0 Å². The van der Waals surface area contributed by atoms with Gasteiger partial charge >= 0.3 is 0 Å². The first-order valence-corrected chi connectivity index (χ1v) is 8.31. The van der Waals surface area contributed by atoms with Crippen molar-refractivity contribution in [3.8, 4) is 0 Å².